The highest BCUT2D eigenvalue weighted by atomic mass is 79.9. The van der Waals surface area contributed by atoms with Crippen molar-refractivity contribution in [2.45, 2.75) is 19.8 Å². The van der Waals surface area contributed by atoms with Gasteiger partial charge >= 0.3 is 0 Å². The van der Waals surface area contributed by atoms with E-state index in [0.29, 0.717) is 18.9 Å². The summed E-state index contributed by atoms with van der Waals surface area (Å²) >= 11 is 3.35. The summed E-state index contributed by atoms with van der Waals surface area (Å²) < 4.78 is 26.2. The third-order valence-electron chi connectivity index (χ3n) is 2.66. The van der Waals surface area contributed by atoms with Crippen LogP contribution in [0.3, 0.4) is 0 Å². The second-order valence-corrected chi connectivity index (χ2v) is 7.08. The van der Waals surface area contributed by atoms with E-state index in [0.717, 1.165) is 17.3 Å². The number of hydrogen-bond acceptors (Lipinski definition) is 3. The Labute approximate surface area is 117 Å². The van der Waals surface area contributed by atoms with E-state index in [1.54, 1.807) is 12.4 Å². The van der Waals surface area contributed by atoms with Gasteiger partial charge in [-0.2, -0.15) is 0 Å². The minimum atomic E-state index is -3.18. The van der Waals surface area contributed by atoms with Gasteiger partial charge in [0.2, 0.25) is 10.0 Å². The minimum absolute atomic E-state index is 0.123. The first-order chi connectivity index (χ1) is 8.53. The van der Waals surface area contributed by atoms with Crippen molar-refractivity contribution in [2.24, 2.45) is 5.92 Å². The van der Waals surface area contributed by atoms with Crippen LogP contribution in [0.25, 0.3) is 0 Å². The Balaban J connectivity index is 2.36. The number of hydrogen-bond donors (Lipinski definition) is 1. The maximum absolute atomic E-state index is 11.8. The molecule has 0 spiro atoms. The van der Waals surface area contributed by atoms with Crippen LogP contribution in [0.1, 0.15) is 18.9 Å². The predicted molar refractivity (Wildman–Crippen MR) is 77.3 cm³/mol. The molecule has 0 aliphatic rings. The molecule has 1 N–H and O–H groups in total. The SMILES string of the molecule is CC(CCBr)CNS(=O)(=O)CCc1ccncc1. The van der Waals surface area contributed by atoms with Crippen molar-refractivity contribution in [3.05, 3.63) is 30.1 Å². The van der Waals surface area contributed by atoms with Gasteiger partial charge in [0.25, 0.3) is 0 Å². The zero-order chi connectivity index (χ0) is 13.4. The molecule has 0 saturated heterocycles. The third kappa shape index (κ3) is 6.47. The molecular formula is C12H19BrN2O2S. The van der Waals surface area contributed by atoms with Gasteiger partial charge in [0, 0.05) is 24.3 Å². The van der Waals surface area contributed by atoms with Crippen molar-refractivity contribution < 1.29 is 8.42 Å². The molecule has 1 unspecified atom stereocenters. The molecule has 1 aromatic rings. The molecule has 0 aliphatic heterocycles. The molecular weight excluding hydrogens is 316 g/mol. The van der Waals surface area contributed by atoms with Gasteiger partial charge in [0.05, 0.1) is 5.75 Å². The summed E-state index contributed by atoms with van der Waals surface area (Å²) in [4.78, 5) is 3.90. The van der Waals surface area contributed by atoms with Gasteiger partial charge < -0.3 is 0 Å². The number of pyridine rings is 1. The number of halogens is 1. The average molecular weight is 335 g/mol. The Morgan fingerprint density at radius 1 is 1.39 bits per heavy atom. The fraction of sp³-hybridized carbons (Fsp3) is 0.583. The van der Waals surface area contributed by atoms with Gasteiger partial charge in [-0.3, -0.25) is 4.98 Å². The van der Waals surface area contributed by atoms with E-state index in [1.807, 2.05) is 19.1 Å². The molecule has 0 saturated carbocycles. The largest absolute Gasteiger partial charge is 0.265 e. The van der Waals surface area contributed by atoms with Crippen molar-refractivity contribution in [3.63, 3.8) is 0 Å². The number of alkyl halides is 1. The van der Waals surface area contributed by atoms with Gasteiger partial charge in [-0.15, -0.1) is 0 Å². The number of rotatable bonds is 8. The molecule has 0 amide bonds. The van der Waals surface area contributed by atoms with Gasteiger partial charge in [-0.05, 0) is 36.5 Å². The highest BCUT2D eigenvalue weighted by Gasteiger charge is 2.11. The molecule has 0 aliphatic carbocycles. The van der Waals surface area contributed by atoms with Crippen molar-refractivity contribution in [1.29, 1.82) is 0 Å². The molecule has 1 rings (SSSR count). The Hall–Kier alpha value is -0.460. The summed E-state index contributed by atoms with van der Waals surface area (Å²) in [5.74, 6) is 0.470. The lowest BCUT2D eigenvalue weighted by Gasteiger charge is -2.11. The molecule has 1 atom stereocenters. The molecule has 6 heteroatoms. The molecule has 102 valence electrons. The van der Waals surface area contributed by atoms with E-state index in [2.05, 4.69) is 25.6 Å². The van der Waals surface area contributed by atoms with Gasteiger partial charge in [-0.1, -0.05) is 22.9 Å². The standard InChI is InChI=1S/C12H19BrN2O2S/c1-11(2-6-13)10-15-18(16,17)9-5-12-3-7-14-8-4-12/h3-4,7-8,11,15H,2,5-6,9-10H2,1H3. The maximum atomic E-state index is 11.8. The zero-order valence-corrected chi connectivity index (χ0v) is 12.9. The lowest BCUT2D eigenvalue weighted by molar-refractivity contribution is 0.531. The average Bonchev–Trinajstić information content (AvgIpc) is 2.36. The van der Waals surface area contributed by atoms with Gasteiger partial charge in [0.15, 0.2) is 0 Å². The van der Waals surface area contributed by atoms with E-state index in [1.165, 1.54) is 0 Å². The lowest BCUT2D eigenvalue weighted by atomic mass is 10.1. The number of aromatic nitrogens is 1. The summed E-state index contributed by atoms with van der Waals surface area (Å²) in [5, 5.41) is 0.896. The van der Waals surface area contributed by atoms with Crippen molar-refractivity contribution >= 4 is 26.0 Å². The van der Waals surface area contributed by atoms with Crippen LogP contribution in [0.4, 0.5) is 0 Å². The number of nitrogens with one attached hydrogen (secondary N) is 1. The van der Waals surface area contributed by atoms with Crippen molar-refractivity contribution in [2.75, 3.05) is 17.6 Å². The second-order valence-electron chi connectivity index (χ2n) is 4.36. The molecule has 0 aromatic carbocycles. The van der Waals surface area contributed by atoms with E-state index < -0.39 is 10.0 Å². The first kappa shape index (κ1) is 15.6. The molecule has 0 fully saturated rings. The predicted octanol–water partition coefficient (Wildman–Crippen LogP) is 1.96. The molecule has 4 nitrogen and oxygen atoms in total. The lowest BCUT2D eigenvalue weighted by Crippen LogP contribution is -2.31. The summed E-state index contributed by atoms with van der Waals surface area (Å²) in [6.45, 7) is 2.54. The van der Waals surface area contributed by atoms with E-state index in [9.17, 15) is 8.42 Å². The fourth-order valence-corrected chi connectivity index (χ4v) is 3.40. The number of sulfonamides is 1. The Kier molecular flexibility index (Phi) is 6.81. The summed E-state index contributed by atoms with van der Waals surface area (Å²) in [6, 6.07) is 3.67. The van der Waals surface area contributed by atoms with Gasteiger partial charge in [-0.25, -0.2) is 13.1 Å². The van der Waals surface area contributed by atoms with Crippen LogP contribution in [0.2, 0.25) is 0 Å². The fourth-order valence-electron chi connectivity index (χ4n) is 1.43. The molecule has 18 heavy (non-hydrogen) atoms. The second kappa shape index (κ2) is 7.86. The van der Waals surface area contributed by atoms with Crippen LogP contribution in [0.5, 0.6) is 0 Å². The highest BCUT2D eigenvalue weighted by molar-refractivity contribution is 9.09. The van der Waals surface area contributed by atoms with Crippen LogP contribution >= 0.6 is 15.9 Å². The summed E-state index contributed by atoms with van der Waals surface area (Å²) in [5.41, 5.74) is 0.990. The molecule has 0 bridgehead atoms. The first-order valence-corrected chi connectivity index (χ1v) is 8.73. The Bertz CT molecular complexity index is 437. The van der Waals surface area contributed by atoms with Crippen LogP contribution in [0.15, 0.2) is 24.5 Å². The smallest absolute Gasteiger partial charge is 0.211 e. The summed E-state index contributed by atoms with van der Waals surface area (Å²) in [6.07, 6.45) is 4.83. The normalized spacial score (nSPS) is 13.4. The van der Waals surface area contributed by atoms with Crippen LogP contribution in [0, 0.1) is 5.92 Å². The van der Waals surface area contributed by atoms with Crippen LogP contribution in [-0.4, -0.2) is 31.0 Å². The summed E-state index contributed by atoms with van der Waals surface area (Å²) in [7, 11) is -3.18. The molecule has 1 heterocycles. The minimum Gasteiger partial charge on any atom is -0.265 e. The Morgan fingerprint density at radius 3 is 2.67 bits per heavy atom. The van der Waals surface area contributed by atoms with Crippen LogP contribution in [-0.2, 0) is 16.4 Å². The quantitative estimate of drug-likeness (QED) is 0.739. The van der Waals surface area contributed by atoms with Crippen molar-refractivity contribution in [1.82, 2.24) is 9.71 Å². The highest BCUT2D eigenvalue weighted by Crippen LogP contribution is 2.04. The molecule has 0 radical (unpaired) electrons. The molecule has 1 aromatic heterocycles. The maximum Gasteiger partial charge on any atom is 0.211 e. The Morgan fingerprint density at radius 2 is 2.06 bits per heavy atom. The number of aryl methyl sites for hydroxylation is 1. The number of nitrogens with zero attached hydrogens (tertiary/aromatic N) is 1. The van der Waals surface area contributed by atoms with Gasteiger partial charge in [0.1, 0.15) is 0 Å². The zero-order valence-electron chi connectivity index (χ0n) is 10.5. The van der Waals surface area contributed by atoms with E-state index in [4.69, 9.17) is 0 Å². The van der Waals surface area contributed by atoms with E-state index in [-0.39, 0.29) is 5.75 Å². The third-order valence-corrected chi connectivity index (χ3v) is 4.47. The van der Waals surface area contributed by atoms with Crippen LogP contribution < -0.4 is 4.72 Å². The van der Waals surface area contributed by atoms with Crippen molar-refractivity contribution in [3.8, 4) is 0 Å². The van der Waals surface area contributed by atoms with E-state index >= 15 is 0 Å². The first-order valence-electron chi connectivity index (χ1n) is 5.95. The monoisotopic (exact) mass is 334 g/mol. The topological polar surface area (TPSA) is 59.1 Å².